The first-order chi connectivity index (χ1) is 15.7. The maximum atomic E-state index is 12.5. The fraction of sp³-hybridized carbons (Fsp3) is 0.667. The Morgan fingerprint density at radius 2 is 1.76 bits per heavy atom. The van der Waals surface area contributed by atoms with Crippen LogP contribution in [0.1, 0.15) is 19.3 Å². The summed E-state index contributed by atoms with van der Waals surface area (Å²) in [5.74, 6) is 0.144. The summed E-state index contributed by atoms with van der Waals surface area (Å²) >= 11 is 0. The highest BCUT2D eigenvalue weighted by molar-refractivity contribution is 7.89. The molecule has 1 aromatic rings. The van der Waals surface area contributed by atoms with Gasteiger partial charge in [0.15, 0.2) is 0 Å². The van der Waals surface area contributed by atoms with E-state index in [2.05, 4.69) is 9.62 Å². The Labute approximate surface area is 195 Å². The summed E-state index contributed by atoms with van der Waals surface area (Å²) in [4.78, 5) is 31.3. The first-order valence-electron chi connectivity index (χ1n) is 11.4. The number of piperidine rings is 1. The van der Waals surface area contributed by atoms with Crippen LogP contribution < -0.4 is 9.62 Å². The van der Waals surface area contributed by atoms with Gasteiger partial charge in [-0.15, -0.1) is 0 Å². The van der Waals surface area contributed by atoms with Gasteiger partial charge < -0.3 is 14.7 Å². The van der Waals surface area contributed by atoms with E-state index in [-0.39, 0.29) is 23.0 Å². The molecule has 2 fully saturated rings. The van der Waals surface area contributed by atoms with Crippen LogP contribution in [0.2, 0.25) is 0 Å². The van der Waals surface area contributed by atoms with E-state index in [9.17, 15) is 23.3 Å². The molecular weight excluding hydrogens is 448 g/mol. The summed E-state index contributed by atoms with van der Waals surface area (Å²) in [5, 5.41) is 11.7. The molecule has 11 nitrogen and oxygen atoms in total. The average Bonchev–Trinajstić information content (AvgIpc) is 2.79. The largest absolute Gasteiger partial charge is 0.363 e. The van der Waals surface area contributed by atoms with Crippen molar-refractivity contribution in [2.24, 2.45) is 0 Å². The SMILES string of the molecule is CN(C)CCNS(=O)(=O)c1ccc(N2CCN(CC(=O)N3CCCCC3)CC2)c([N+](=O)[O-])c1. The van der Waals surface area contributed by atoms with Crippen molar-refractivity contribution in [2.75, 3.05) is 77.9 Å². The molecule has 2 aliphatic heterocycles. The number of benzene rings is 1. The quantitative estimate of drug-likeness (QED) is 0.401. The first kappa shape index (κ1) is 25.3. The third-order valence-electron chi connectivity index (χ3n) is 6.09. The molecule has 0 radical (unpaired) electrons. The van der Waals surface area contributed by atoms with Crippen molar-refractivity contribution in [1.82, 2.24) is 19.4 Å². The topological polar surface area (TPSA) is 119 Å². The molecule has 0 bridgehead atoms. The van der Waals surface area contributed by atoms with Crippen molar-refractivity contribution in [3.63, 3.8) is 0 Å². The maximum Gasteiger partial charge on any atom is 0.293 e. The van der Waals surface area contributed by atoms with Gasteiger partial charge in [-0.2, -0.15) is 0 Å². The number of carbonyl (C=O) groups excluding carboxylic acids is 1. The van der Waals surface area contributed by atoms with Gasteiger partial charge >= 0.3 is 0 Å². The number of amides is 1. The van der Waals surface area contributed by atoms with Gasteiger partial charge in [0.25, 0.3) is 5.69 Å². The number of hydrogen-bond acceptors (Lipinski definition) is 8. The van der Waals surface area contributed by atoms with Gasteiger partial charge in [-0.1, -0.05) is 0 Å². The molecule has 0 unspecified atom stereocenters. The van der Waals surface area contributed by atoms with Crippen molar-refractivity contribution < 1.29 is 18.1 Å². The highest BCUT2D eigenvalue weighted by Crippen LogP contribution is 2.31. The van der Waals surface area contributed by atoms with Gasteiger partial charge in [0, 0.05) is 58.4 Å². The van der Waals surface area contributed by atoms with Crippen LogP contribution in [0.25, 0.3) is 0 Å². The number of nitro benzene ring substituents is 1. The van der Waals surface area contributed by atoms with Gasteiger partial charge in [-0.25, -0.2) is 13.1 Å². The fourth-order valence-corrected chi connectivity index (χ4v) is 5.19. The van der Waals surface area contributed by atoms with E-state index in [4.69, 9.17) is 0 Å². The second kappa shape index (κ2) is 11.2. The Bertz CT molecular complexity index is 940. The van der Waals surface area contributed by atoms with Crippen molar-refractivity contribution in [2.45, 2.75) is 24.2 Å². The van der Waals surface area contributed by atoms with E-state index >= 15 is 0 Å². The van der Waals surface area contributed by atoms with E-state index in [0.717, 1.165) is 32.0 Å². The summed E-state index contributed by atoms with van der Waals surface area (Å²) in [5.41, 5.74) is 0.164. The lowest BCUT2D eigenvalue weighted by atomic mass is 10.1. The van der Waals surface area contributed by atoms with Gasteiger partial charge in [-0.05, 0) is 45.5 Å². The van der Waals surface area contributed by atoms with E-state index in [1.807, 2.05) is 28.8 Å². The lowest BCUT2D eigenvalue weighted by Gasteiger charge is -2.36. The van der Waals surface area contributed by atoms with Crippen LogP contribution in [-0.4, -0.2) is 107 Å². The molecule has 0 spiro atoms. The number of anilines is 1. The molecule has 1 aromatic carbocycles. The Hall–Kier alpha value is -2.28. The van der Waals surface area contributed by atoms with Crippen molar-refractivity contribution in [3.8, 4) is 0 Å². The third kappa shape index (κ3) is 6.85. The molecule has 12 heteroatoms. The van der Waals surface area contributed by atoms with Crippen LogP contribution in [0.4, 0.5) is 11.4 Å². The highest BCUT2D eigenvalue weighted by atomic mass is 32.2. The molecule has 1 amide bonds. The van der Waals surface area contributed by atoms with Crippen molar-refractivity contribution in [3.05, 3.63) is 28.3 Å². The van der Waals surface area contributed by atoms with E-state index in [0.29, 0.717) is 45.0 Å². The standard InChI is InChI=1S/C21H34N6O5S/c1-23(2)11-8-22-33(31,32)18-6-7-19(20(16-18)27(29)30)25-14-12-24(13-15-25)17-21(28)26-9-4-3-5-10-26/h6-7,16,22H,3-5,8-15,17H2,1-2H3. The predicted molar refractivity (Wildman–Crippen MR) is 126 cm³/mol. The molecule has 2 aliphatic rings. The molecule has 0 aromatic heterocycles. The Kier molecular flexibility index (Phi) is 8.63. The minimum Gasteiger partial charge on any atom is -0.363 e. The van der Waals surface area contributed by atoms with Gasteiger partial charge in [0.05, 0.1) is 16.4 Å². The zero-order valence-corrected chi connectivity index (χ0v) is 20.2. The predicted octanol–water partition coefficient (Wildman–Crippen LogP) is 0.569. The van der Waals surface area contributed by atoms with Gasteiger partial charge in [-0.3, -0.25) is 19.8 Å². The number of sulfonamides is 1. The zero-order valence-electron chi connectivity index (χ0n) is 19.4. The summed E-state index contributed by atoms with van der Waals surface area (Å²) in [6.07, 6.45) is 3.29. The Morgan fingerprint density at radius 1 is 1.09 bits per heavy atom. The number of nitrogens with zero attached hydrogens (tertiary/aromatic N) is 5. The lowest BCUT2D eigenvalue weighted by molar-refractivity contribution is -0.384. The molecule has 2 saturated heterocycles. The van der Waals surface area contributed by atoms with Crippen LogP contribution >= 0.6 is 0 Å². The number of nitro groups is 1. The van der Waals surface area contributed by atoms with Crippen LogP contribution in [0, 0.1) is 10.1 Å². The number of rotatable bonds is 9. The van der Waals surface area contributed by atoms with Crippen molar-refractivity contribution in [1.29, 1.82) is 0 Å². The number of likely N-dealkylation sites (tertiary alicyclic amines) is 1. The smallest absolute Gasteiger partial charge is 0.293 e. The fourth-order valence-electron chi connectivity index (χ4n) is 4.15. The van der Waals surface area contributed by atoms with Crippen LogP contribution in [0.3, 0.4) is 0 Å². The lowest BCUT2D eigenvalue weighted by Crippen LogP contribution is -2.50. The van der Waals surface area contributed by atoms with Gasteiger partial charge in [0.1, 0.15) is 5.69 Å². The normalized spacial score (nSPS) is 18.0. The first-order valence-corrected chi connectivity index (χ1v) is 12.8. The number of carbonyl (C=O) groups is 1. The summed E-state index contributed by atoms with van der Waals surface area (Å²) in [7, 11) is -0.181. The Balaban J connectivity index is 1.63. The summed E-state index contributed by atoms with van der Waals surface area (Å²) in [6.45, 7) is 5.03. The summed E-state index contributed by atoms with van der Waals surface area (Å²) < 4.78 is 27.6. The highest BCUT2D eigenvalue weighted by Gasteiger charge is 2.28. The number of likely N-dealkylation sites (N-methyl/N-ethyl adjacent to an activating group) is 1. The second-order valence-electron chi connectivity index (χ2n) is 8.81. The average molecular weight is 483 g/mol. The molecule has 0 saturated carbocycles. The third-order valence-corrected chi connectivity index (χ3v) is 7.54. The second-order valence-corrected chi connectivity index (χ2v) is 10.6. The Morgan fingerprint density at radius 3 is 2.36 bits per heavy atom. The van der Waals surface area contributed by atoms with E-state index in [1.165, 1.54) is 18.6 Å². The molecule has 184 valence electrons. The monoisotopic (exact) mass is 482 g/mol. The molecule has 2 heterocycles. The number of piperazine rings is 1. The van der Waals surface area contributed by atoms with Crippen LogP contribution in [-0.2, 0) is 14.8 Å². The van der Waals surface area contributed by atoms with E-state index in [1.54, 1.807) is 0 Å². The molecule has 33 heavy (non-hydrogen) atoms. The van der Waals surface area contributed by atoms with Crippen LogP contribution in [0.5, 0.6) is 0 Å². The molecule has 3 rings (SSSR count). The molecular formula is C21H34N6O5S. The van der Waals surface area contributed by atoms with Crippen molar-refractivity contribution >= 4 is 27.3 Å². The number of hydrogen-bond donors (Lipinski definition) is 1. The summed E-state index contributed by atoms with van der Waals surface area (Å²) in [6, 6.07) is 4.04. The minimum atomic E-state index is -3.84. The van der Waals surface area contributed by atoms with E-state index < -0.39 is 14.9 Å². The minimum absolute atomic E-state index is 0.123. The van der Waals surface area contributed by atoms with Gasteiger partial charge in [0.2, 0.25) is 15.9 Å². The molecule has 0 aliphatic carbocycles. The molecule has 0 atom stereocenters. The zero-order chi connectivity index (χ0) is 24.0. The maximum absolute atomic E-state index is 12.5. The molecule has 1 N–H and O–H groups in total. The number of nitrogens with one attached hydrogen (secondary N) is 1. The van der Waals surface area contributed by atoms with Crippen LogP contribution in [0.15, 0.2) is 23.1 Å².